The Kier molecular flexibility index (Phi) is 2.44. The smallest absolute Gasteiger partial charge is 0.201 e. The molecule has 13 heavy (non-hydrogen) atoms. The monoisotopic (exact) mass is 180 g/mol. The summed E-state index contributed by atoms with van der Waals surface area (Å²) in [5, 5.41) is 8.89. The zero-order valence-electron chi connectivity index (χ0n) is 8.72. The van der Waals surface area contributed by atoms with Crippen LogP contribution in [0.15, 0.2) is 24.4 Å². The van der Waals surface area contributed by atoms with Crippen molar-refractivity contribution in [2.24, 2.45) is 5.41 Å². The summed E-state index contributed by atoms with van der Waals surface area (Å²) in [6, 6.07) is 0. The molecule has 2 heteroatoms. The van der Waals surface area contributed by atoms with E-state index in [0.29, 0.717) is 6.54 Å². The van der Waals surface area contributed by atoms with Gasteiger partial charge in [0, 0.05) is 12.5 Å². The minimum atomic E-state index is -0.00769. The topological polar surface area (TPSA) is 23.2 Å². The largest absolute Gasteiger partial charge is 0.390 e. The molecule has 1 aliphatic heterocycles. The van der Waals surface area contributed by atoms with Crippen molar-refractivity contribution in [2.45, 2.75) is 20.8 Å². The van der Waals surface area contributed by atoms with Crippen LogP contribution in [0.4, 0.5) is 0 Å². The van der Waals surface area contributed by atoms with E-state index < -0.39 is 0 Å². The van der Waals surface area contributed by atoms with Crippen molar-refractivity contribution < 1.29 is 9.68 Å². The Morgan fingerprint density at radius 2 is 1.92 bits per heavy atom. The maximum absolute atomic E-state index is 8.89. The summed E-state index contributed by atoms with van der Waals surface area (Å²) < 4.78 is 2.04. The van der Waals surface area contributed by atoms with Crippen molar-refractivity contribution in [1.82, 2.24) is 0 Å². The lowest BCUT2D eigenvalue weighted by Crippen LogP contribution is -2.23. The van der Waals surface area contributed by atoms with Gasteiger partial charge in [-0.25, -0.2) is 0 Å². The number of aliphatic hydroxyl groups excluding tert-OH is 1. The van der Waals surface area contributed by atoms with Crippen LogP contribution in [0.25, 0.3) is 0 Å². The molecule has 0 radical (unpaired) electrons. The molecule has 0 fully saturated rings. The van der Waals surface area contributed by atoms with Crippen LogP contribution in [0.5, 0.6) is 0 Å². The van der Waals surface area contributed by atoms with E-state index in [9.17, 15) is 0 Å². The maximum Gasteiger partial charge on any atom is 0.201 e. The normalized spacial score (nSPS) is 21.5. The fourth-order valence-electron chi connectivity index (χ4n) is 1.68. The second-order valence-electron chi connectivity index (χ2n) is 4.01. The van der Waals surface area contributed by atoms with Crippen molar-refractivity contribution in [3.05, 3.63) is 24.4 Å². The first-order valence-corrected chi connectivity index (χ1v) is 4.54. The van der Waals surface area contributed by atoms with Gasteiger partial charge in [0.15, 0.2) is 12.3 Å². The summed E-state index contributed by atoms with van der Waals surface area (Å²) in [5.74, 6) is 0. The molecule has 0 spiro atoms. The van der Waals surface area contributed by atoms with Gasteiger partial charge in [-0.2, -0.15) is 4.58 Å². The van der Waals surface area contributed by atoms with Crippen molar-refractivity contribution >= 4 is 5.71 Å². The highest BCUT2D eigenvalue weighted by Gasteiger charge is 2.43. The molecule has 0 amide bonds. The molecule has 0 aromatic heterocycles. The summed E-state index contributed by atoms with van der Waals surface area (Å²) in [6.07, 6.45) is 0. The molecule has 1 heterocycles. The molecule has 0 aromatic rings. The van der Waals surface area contributed by atoms with Crippen molar-refractivity contribution in [3.63, 3.8) is 0 Å². The fraction of sp³-hybridized carbons (Fsp3) is 0.545. The quantitative estimate of drug-likeness (QED) is 0.640. The van der Waals surface area contributed by atoms with Gasteiger partial charge in [0.1, 0.15) is 6.61 Å². The molecule has 0 aliphatic carbocycles. The number of β-amino-alcohol motifs (C(OH)–C–C–N with tert-alkyl or cyclic N) is 1. The highest BCUT2D eigenvalue weighted by molar-refractivity contribution is 5.89. The van der Waals surface area contributed by atoms with Gasteiger partial charge in [0.2, 0.25) is 5.70 Å². The molecule has 1 rings (SSSR count). The molecule has 1 aliphatic rings. The first kappa shape index (κ1) is 10.2. The maximum atomic E-state index is 8.89. The standard InChI is InChI=1S/C11H18NO/c1-8-9(2)12(6-7-13)10(3)11(8,4)5/h13H,1-2,6-7H2,3-5H3/q+1. The summed E-state index contributed by atoms with van der Waals surface area (Å²) >= 11 is 0. The number of aliphatic hydroxyl groups is 1. The molecule has 72 valence electrons. The number of allylic oxidation sites excluding steroid dienone is 1. The molecule has 0 aromatic carbocycles. The zero-order valence-corrected chi connectivity index (χ0v) is 8.72. The highest BCUT2D eigenvalue weighted by Crippen LogP contribution is 2.37. The van der Waals surface area contributed by atoms with Gasteiger partial charge in [0.05, 0.1) is 5.41 Å². The fourth-order valence-corrected chi connectivity index (χ4v) is 1.68. The summed E-state index contributed by atoms with van der Waals surface area (Å²) in [5.41, 5.74) is 3.21. The van der Waals surface area contributed by atoms with E-state index >= 15 is 0 Å². The lowest BCUT2D eigenvalue weighted by atomic mass is 9.83. The predicted octanol–water partition coefficient (Wildman–Crippen LogP) is 1.56. The van der Waals surface area contributed by atoms with Crippen LogP contribution in [-0.2, 0) is 0 Å². The average molecular weight is 180 g/mol. The molecule has 0 atom stereocenters. The van der Waals surface area contributed by atoms with E-state index in [0.717, 1.165) is 11.3 Å². The SMILES string of the molecule is C=C1C(=C)C(C)(C)C(C)=[N+]1CCO. The van der Waals surface area contributed by atoms with E-state index in [4.69, 9.17) is 5.11 Å². The summed E-state index contributed by atoms with van der Waals surface area (Å²) in [6.45, 7) is 15.1. The van der Waals surface area contributed by atoms with Gasteiger partial charge in [-0.1, -0.05) is 6.58 Å². The van der Waals surface area contributed by atoms with Gasteiger partial charge in [0.25, 0.3) is 0 Å². The van der Waals surface area contributed by atoms with E-state index in [1.165, 1.54) is 5.71 Å². The van der Waals surface area contributed by atoms with Crippen LogP contribution in [-0.4, -0.2) is 28.5 Å². The minimum absolute atomic E-state index is 0.00769. The second kappa shape index (κ2) is 3.11. The van der Waals surface area contributed by atoms with Gasteiger partial charge >= 0.3 is 0 Å². The highest BCUT2D eigenvalue weighted by atomic mass is 16.3. The third-order valence-corrected chi connectivity index (χ3v) is 3.06. The Morgan fingerprint density at radius 3 is 2.23 bits per heavy atom. The molecule has 0 saturated carbocycles. The second-order valence-corrected chi connectivity index (χ2v) is 4.01. The lowest BCUT2D eigenvalue weighted by molar-refractivity contribution is -0.471. The Balaban J connectivity index is 3.13. The number of nitrogens with zero attached hydrogens (tertiary/aromatic N) is 1. The van der Waals surface area contributed by atoms with Crippen LogP contribution >= 0.6 is 0 Å². The minimum Gasteiger partial charge on any atom is -0.390 e. The van der Waals surface area contributed by atoms with E-state index in [-0.39, 0.29) is 12.0 Å². The predicted molar refractivity (Wildman–Crippen MR) is 55.0 cm³/mol. The van der Waals surface area contributed by atoms with E-state index in [2.05, 4.69) is 33.9 Å². The van der Waals surface area contributed by atoms with Gasteiger partial charge < -0.3 is 5.11 Å². The number of hydrogen-bond donors (Lipinski definition) is 1. The zero-order chi connectivity index (χ0) is 10.2. The Bertz CT molecular complexity index is 297. The molecule has 1 N–H and O–H groups in total. The molecule has 0 bridgehead atoms. The first-order chi connectivity index (χ1) is 5.92. The Morgan fingerprint density at radius 1 is 1.38 bits per heavy atom. The number of rotatable bonds is 2. The molecule has 2 nitrogen and oxygen atoms in total. The average Bonchev–Trinajstić information content (AvgIpc) is 2.21. The van der Waals surface area contributed by atoms with Crippen LogP contribution in [0.2, 0.25) is 0 Å². The lowest BCUT2D eigenvalue weighted by Gasteiger charge is -2.13. The van der Waals surface area contributed by atoms with Gasteiger partial charge in [-0.15, -0.1) is 0 Å². The number of hydrogen-bond acceptors (Lipinski definition) is 1. The van der Waals surface area contributed by atoms with Crippen LogP contribution in [0.3, 0.4) is 0 Å². The molecular weight excluding hydrogens is 162 g/mol. The van der Waals surface area contributed by atoms with Crippen LogP contribution < -0.4 is 0 Å². The molecule has 0 unspecified atom stereocenters. The van der Waals surface area contributed by atoms with Gasteiger partial charge in [-0.05, 0) is 20.4 Å². The van der Waals surface area contributed by atoms with Crippen LogP contribution in [0, 0.1) is 5.41 Å². The van der Waals surface area contributed by atoms with E-state index in [1.54, 1.807) is 0 Å². The van der Waals surface area contributed by atoms with E-state index in [1.807, 2.05) is 4.58 Å². The molecule has 0 saturated heterocycles. The summed E-state index contributed by atoms with van der Waals surface area (Å²) in [7, 11) is 0. The molecular formula is C11H18NO+. The van der Waals surface area contributed by atoms with Crippen molar-refractivity contribution in [3.8, 4) is 0 Å². The Hall–Kier alpha value is -0.890. The van der Waals surface area contributed by atoms with Crippen LogP contribution in [0.1, 0.15) is 20.8 Å². The van der Waals surface area contributed by atoms with Crippen molar-refractivity contribution in [1.29, 1.82) is 0 Å². The first-order valence-electron chi connectivity index (χ1n) is 4.54. The third-order valence-electron chi connectivity index (χ3n) is 3.06. The summed E-state index contributed by atoms with van der Waals surface area (Å²) in [4.78, 5) is 0. The van der Waals surface area contributed by atoms with Gasteiger partial charge in [-0.3, -0.25) is 0 Å². The Labute approximate surface area is 79.9 Å². The third kappa shape index (κ3) is 1.35. The van der Waals surface area contributed by atoms with Crippen molar-refractivity contribution in [2.75, 3.05) is 13.2 Å².